The quantitative estimate of drug-likeness (QED) is 0.711. The van der Waals surface area contributed by atoms with Crippen molar-refractivity contribution in [3.05, 3.63) is 53.1 Å². The molecule has 6 heteroatoms. The van der Waals surface area contributed by atoms with Gasteiger partial charge in [-0.1, -0.05) is 23.5 Å². The maximum absolute atomic E-state index is 13.3. The van der Waals surface area contributed by atoms with Crippen molar-refractivity contribution in [3.63, 3.8) is 0 Å². The SMILES string of the molecule is COc1cccc2sc(N(CC[NH+](C)C)C(=O)c3ccc(C)c(C)c3)nc12. The number of anilines is 1. The number of rotatable bonds is 6. The number of hydrogen-bond acceptors (Lipinski definition) is 4. The highest BCUT2D eigenvalue weighted by molar-refractivity contribution is 7.22. The number of aromatic nitrogens is 1. The lowest BCUT2D eigenvalue weighted by Crippen LogP contribution is -3.06. The van der Waals surface area contributed by atoms with Crippen LogP contribution in [0, 0.1) is 13.8 Å². The van der Waals surface area contributed by atoms with Crippen LogP contribution in [-0.4, -0.2) is 45.2 Å². The van der Waals surface area contributed by atoms with Crippen LogP contribution in [0.3, 0.4) is 0 Å². The average Bonchev–Trinajstić information content (AvgIpc) is 3.07. The van der Waals surface area contributed by atoms with Gasteiger partial charge < -0.3 is 9.64 Å². The number of methoxy groups -OCH3 is 1. The molecule has 0 atom stereocenters. The van der Waals surface area contributed by atoms with Crippen LogP contribution >= 0.6 is 11.3 Å². The second kappa shape index (κ2) is 8.06. The third-order valence-electron chi connectivity index (χ3n) is 4.66. The molecule has 0 bridgehead atoms. The van der Waals surface area contributed by atoms with E-state index < -0.39 is 0 Å². The van der Waals surface area contributed by atoms with Gasteiger partial charge in [0.2, 0.25) is 0 Å². The molecule has 3 aromatic rings. The van der Waals surface area contributed by atoms with Crippen LogP contribution in [0.5, 0.6) is 5.75 Å². The van der Waals surface area contributed by atoms with Gasteiger partial charge in [0.1, 0.15) is 11.3 Å². The number of carbonyl (C=O) groups excluding carboxylic acids is 1. The van der Waals surface area contributed by atoms with Gasteiger partial charge in [-0.05, 0) is 49.2 Å². The third-order valence-corrected chi connectivity index (χ3v) is 5.70. The lowest BCUT2D eigenvalue weighted by molar-refractivity contribution is -0.856. The van der Waals surface area contributed by atoms with Crippen LogP contribution in [0.1, 0.15) is 21.5 Å². The number of aryl methyl sites for hydroxylation is 2. The molecular weight excluding hydrogens is 358 g/mol. The molecule has 0 aliphatic heterocycles. The van der Waals surface area contributed by atoms with Crippen molar-refractivity contribution in [3.8, 4) is 5.75 Å². The number of fused-ring (bicyclic) bond motifs is 1. The van der Waals surface area contributed by atoms with E-state index in [1.807, 2.05) is 43.3 Å². The first-order valence-electron chi connectivity index (χ1n) is 9.02. The Bertz CT molecular complexity index is 965. The molecular formula is C21H26N3O2S+. The van der Waals surface area contributed by atoms with Gasteiger partial charge in [0.25, 0.3) is 5.91 Å². The Morgan fingerprint density at radius 2 is 1.96 bits per heavy atom. The lowest BCUT2D eigenvalue weighted by Gasteiger charge is -2.21. The molecule has 0 radical (unpaired) electrons. The van der Waals surface area contributed by atoms with Crippen molar-refractivity contribution in [2.75, 3.05) is 39.2 Å². The minimum absolute atomic E-state index is 0.0163. The summed E-state index contributed by atoms with van der Waals surface area (Å²) in [6.07, 6.45) is 0. The molecule has 27 heavy (non-hydrogen) atoms. The number of thiazole rings is 1. The zero-order valence-corrected chi connectivity index (χ0v) is 17.3. The molecule has 0 unspecified atom stereocenters. The Kier molecular flexibility index (Phi) is 5.77. The molecule has 1 amide bonds. The van der Waals surface area contributed by atoms with Gasteiger partial charge in [0.05, 0.1) is 39.0 Å². The normalized spacial score (nSPS) is 11.2. The number of nitrogens with zero attached hydrogens (tertiary/aromatic N) is 2. The Hall–Kier alpha value is -2.44. The van der Waals surface area contributed by atoms with Crippen molar-refractivity contribution in [1.29, 1.82) is 0 Å². The predicted molar refractivity (Wildman–Crippen MR) is 111 cm³/mol. The van der Waals surface area contributed by atoms with Gasteiger partial charge >= 0.3 is 0 Å². The van der Waals surface area contributed by atoms with E-state index >= 15 is 0 Å². The predicted octanol–water partition coefficient (Wildman–Crippen LogP) is 2.71. The fourth-order valence-electron chi connectivity index (χ4n) is 2.84. The summed E-state index contributed by atoms with van der Waals surface area (Å²) >= 11 is 1.52. The molecule has 1 N–H and O–H groups in total. The van der Waals surface area contributed by atoms with E-state index in [4.69, 9.17) is 9.72 Å². The summed E-state index contributed by atoms with van der Waals surface area (Å²) in [5, 5.41) is 0.707. The largest absolute Gasteiger partial charge is 0.494 e. The Morgan fingerprint density at radius 3 is 2.63 bits per heavy atom. The zero-order valence-electron chi connectivity index (χ0n) is 16.5. The minimum atomic E-state index is -0.0163. The van der Waals surface area contributed by atoms with Crippen LogP contribution in [0.15, 0.2) is 36.4 Å². The number of nitrogens with one attached hydrogen (secondary N) is 1. The fraction of sp³-hybridized carbons (Fsp3) is 0.333. The molecule has 0 fully saturated rings. The topological polar surface area (TPSA) is 46.9 Å². The third kappa shape index (κ3) is 4.12. The molecule has 3 rings (SSSR count). The summed E-state index contributed by atoms with van der Waals surface area (Å²) in [6, 6.07) is 11.7. The summed E-state index contributed by atoms with van der Waals surface area (Å²) in [6.45, 7) is 5.53. The van der Waals surface area contributed by atoms with Crippen LogP contribution < -0.4 is 14.5 Å². The van der Waals surface area contributed by atoms with Crippen molar-refractivity contribution in [2.24, 2.45) is 0 Å². The number of hydrogen-bond donors (Lipinski definition) is 1. The molecule has 0 saturated heterocycles. The summed E-state index contributed by atoms with van der Waals surface area (Å²) in [4.78, 5) is 21.1. The molecule has 0 aliphatic carbocycles. The number of carbonyl (C=O) groups is 1. The highest BCUT2D eigenvalue weighted by Crippen LogP contribution is 2.34. The van der Waals surface area contributed by atoms with Gasteiger partial charge in [-0.3, -0.25) is 9.69 Å². The molecule has 142 valence electrons. The van der Waals surface area contributed by atoms with E-state index in [0.717, 1.165) is 28.1 Å². The van der Waals surface area contributed by atoms with Crippen molar-refractivity contribution < 1.29 is 14.4 Å². The van der Waals surface area contributed by atoms with Gasteiger partial charge in [-0.15, -0.1) is 0 Å². The van der Waals surface area contributed by atoms with Gasteiger partial charge in [0, 0.05) is 5.56 Å². The summed E-state index contributed by atoms with van der Waals surface area (Å²) in [5.41, 5.74) is 3.79. The number of likely N-dealkylation sites (N-methyl/N-ethyl adjacent to an activating group) is 1. The monoisotopic (exact) mass is 384 g/mol. The van der Waals surface area contributed by atoms with Crippen molar-refractivity contribution in [1.82, 2.24) is 4.98 Å². The van der Waals surface area contributed by atoms with Crippen LogP contribution in [0.4, 0.5) is 5.13 Å². The highest BCUT2D eigenvalue weighted by Gasteiger charge is 2.23. The second-order valence-corrected chi connectivity index (χ2v) is 8.03. The molecule has 1 heterocycles. The first-order chi connectivity index (χ1) is 12.9. The van der Waals surface area contributed by atoms with Crippen LogP contribution in [0.25, 0.3) is 10.2 Å². The van der Waals surface area contributed by atoms with Crippen LogP contribution in [-0.2, 0) is 0 Å². The van der Waals surface area contributed by atoms with Gasteiger partial charge in [-0.2, -0.15) is 0 Å². The highest BCUT2D eigenvalue weighted by atomic mass is 32.1. The summed E-state index contributed by atoms with van der Waals surface area (Å²) < 4.78 is 6.44. The van der Waals surface area contributed by atoms with Gasteiger partial charge in [0.15, 0.2) is 5.13 Å². The standard InChI is InChI=1S/C21H25N3O2S/c1-14-9-10-16(13-15(14)2)20(25)24(12-11-23(3)4)21-22-19-17(26-5)7-6-8-18(19)27-21/h6-10,13H,11-12H2,1-5H3/p+1. The molecule has 5 nitrogen and oxygen atoms in total. The molecule has 1 aromatic heterocycles. The maximum atomic E-state index is 13.3. The van der Waals surface area contributed by atoms with Gasteiger partial charge in [-0.25, -0.2) is 4.98 Å². The molecule has 0 aliphatic rings. The smallest absolute Gasteiger partial charge is 0.260 e. The number of amides is 1. The molecule has 0 saturated carbocycles. The van der Waals surface area contributed by atoms with Crippen molar-refractivity contribution in [2.45, 2.75) is 13.8 Å². The van der Waals surface area contributed by atoms with Crippen molar-refractivity contribution >= 4 is 32.6 Å². The Balaban J connectivity index is 2.02. The Labute approximate surface area is 164 Å². The number of quaternary nitrogens is 1. The number of para-hydroxylation sites is 1. The second-order valence-electron chi connectivity index (χ2n) is 7.02. The minimum Gasteiger partial charge on any atom is -0.494 e. The van der Waals surface area contributed by atoms with E-state index in [9.17, 15) is 4.79 Å². The van der Waals surface area contributed by atoms with E-state index in [-0.39, 0.29) is 5.91 Å². The molecule has 0 spiro atoms. The number of benzene rings is 2. The number of ether oxygens (including phenoxy) is 1. The van der Waals surface area contributed by atoms with Crippen LogP contribution in [0.2, 0.25) is 0 Å². The maximum Gasteiger partial charge on any atom is 0.260 e. The lowest BCUT2D eigenvalue weighted by atomic mass is 10.1. The zero-order chi connectivity index (χ0) is 19.6. The summed E-state index contributed by atoms with van der Waals surface area (Å²) in [5.74, 6) is 0.712. The Morgan fingerprint density at radius 1 is 1.19 bits per heavy atom. The first kappa shape index (κ1) is 19.3. The summed E-state index contributed by atoms with van der Waals surface area (Å²) in [7, 11) is 5.81. The first-order valence-corrected chi connectivity index (χ1v) is 9.84. The van der Waals surface area contributed by atoms with E-state index in [2.05, 4.69) is 21.0 Å². The average molecular weight is 385 g/mol. The van der Waals surface area contributed by atoms with E-state index in [1.54, 1.807) is 12.0 Å². The molecule has 2 aromatic carbocycles. The van der Waals surface area contributed by atoms with E-state index in [1.165, 1.54) is 21.8 Å². The van der Waals surface area contributed by atoms with E-state index in [0.29, 0.717) is 17.2 Å². The fourth-order valence-corrected chi connectivity index (χ4v) is 3.85.